The maximum atomic E-state index is 11.9. The van der Waals surface area contributed by atoms with E-state index >= 15 is 0 Å². The molecule has 0 atom stereocenters. The van der Waals surface area contributed by atoms with Crippen LogP contribution >= 0.6 is 11.3 Å². The second kappa shape index (κ2) is 8.95. The molecule has 2 N–H and O–H groups in total. The molecule has 26 heavy (non-hydrogen) atoms. The molecule has 8 nitrogen and oxygen atoms in total. The summed E-state index contributed by atoms with van der Waals surface area (Å²) in [5, 5.41) is 15.5. The van der Waals surface area contributed by atoms with E-state index in [9.17, 15) is 9.59 Å². The van der Waals surface area contributed by atoms with Gasteiger partial charge in [-0.3, -0.25) is 4.79 Å². The molecule has 0 spiro atoms. The van der Waals surface area contributed by atoms with Crippen molar-refractivity contribution in [3.8, 4) is 11.5 Å². The summed E-state index contributed by atoms with van der Waals surface area (Å²) >= 11 is 1.49. The largest absolute Gasteiger partial charge is 0.493 e. The summed E-state index contributed by atoms with van der Waals surface area (Å²) in [5.74, 6) is -0.646. The van der Waals surface area contributed by atoms with Crippen molar-refractivity contribution in [1.82, 2.24) is 10.4 Å². The zero-order valence-electron chi connectivity index (χ0n) is 14.6. The number of hydrogen-bond acceptors (Lipinski definition) is 7. The first kappa shape index (κ1) is 19.4. The Labute approximate surface area is 154 Å². The minimum atomic E-state index is -1.08. The number of aromatic nitrogens is 1. The van der Waals surface area contributed by atoms with Crippen molar-refractivity contribution in [3.05, 3.63) is 39.8 Å². The van der Waals surface area contributed by atoms with E-state index in [4.69, 9.17) is 14.6 Å². The van der Waals surface area contributed by atoms with Crippen LogP contribution in [-0.2, 0) is 16.0 Å². The lowest BCUT2D eigenvalue weighted by Crippen LogP contribution is -2.21. The van der Waals surface area contributed by atoms with Gasteiger partial charge in [0.2, 0.25) is 5.91 Å². The Balaban J connectivity index is 2.03. The van der Waals surface area contributed by atoms with Crippen LogP contribution in [0.25, 0.3) is 0 Å². The number of benzene rings is 1. The molecule has 1 aromatic carbocycles. The number of nitrogens with one attached hydrogen (secondary N) is 1. The standard InChI is InChI=1S/C17H19N3O5S/c1-10(19-20-16(21)7-13-9-26-11(2)18-13)12-4-5-14(15(6-12)24-3)25-8-17(22)23/h4-6,9H,7-8H2,1-3H3,(H,20,21)(H,22,23)/b19-10-. The molecule has 9 heteroatoms. The molecule has 0 saturated carbocycles. The number of hydrogen-bond donors (Lipinski definition) is 2. The summed E-state index contributed by atoms with van der Waals surface area (Å²) in [6, 6.07) is 4.95. The molecule has 1 heterocycles. The molecular formula is C17H19N3O5S. The SMILES string of the molecule is COc1cc(/C(C)=N\NC(=O)Cc2csc(C)n2)ccc1OCC(=O)O. The Morgan fingerprint density at radius 2 is 2.12 bits per heavy atom. The molecule has 2 aromatic rings. The lowest BCUT2D eigenvalue weighted by Gasteiger charge is -2.11. The van der Waals surface area contributed by atoms with Crippen LogP contribution in [-0.4, -0.2) is 41.4 Å². The first-order chi connectivity index (χ1) is 12.4. The van der Waals surface area contributed by atoms with Crippen LogP contribution in [0.2, 0.25) is 0 Å². The van der Waals surface area contributed by atoms with Gasteiger partial charge in [-0.1, -0.05) is 0 Å². The topological polar surface area (TPSA) is 110 Å². The van der Waals surface area contributed by atoms with Crippen LogP contribution in [0, 0.1) is 6.92 Å². The summed E-state index contributed by atoms with van der Waals surface area (Å²) < 4.78 is 10.4. The van der Waals surface area contributed by atoms with Gasteiger partial charge in [0.05, 0.1) is 29.9 Å². The van der Waals surface area contributed by atoms with Gasteiger partial charge in [-0.2, -0.15) is 5.10 Å². The third-order valence-corrected chi connectivity index (χ3v) is 4.11. The van der Waals surface area contributed by atoms with E-state index in [-0.39, 0.29) is 12.3 Å². The van der Waals surface area contributed by atoms with Crippen molar-refractivity contribution in [2.24, 2.45) is 5.10 Å². The molecule has 0 radical (unpaired) electrons. The average molecular weight is 377 g/mol. The van der Waals surface area contributed by atoms with Gasteiger partial charge in [-0.15, -0.1) is 11.3 Å². The second-order valence-electron chi connectivity index (χ2n) is 5.31. The van der Waals surface area contributed by atoms with Gasteiger partial charge >= 0.3 is 5.97 Å². The monoisotopic (exact) mass is 377 g/mol. The van der Waals surface area contributed by atoms with Gasteiger partial charge in [-0.05, 0) is 32.0 Å². The number of aryl methyl sites for hydroxylation is 1. The number of hydrazone groups is 1. The molecule has 0 aliphatic heterocycles. The summed E-state index contributed by atoms with van der Waals surface area (Å²) in [6.45, 7) is 3.15. The van der Waals surface area contributed by atoms with Crippen LogP contribution < -0.4 is 14.9 Å². The average Bonchev–Trinajstić information content (AvgIpc) is 3.02. The van der Waals surface area contributed by atoms with Gasteiger partial charge in [0, 0.05) is 10.9 Å². The number of thiazole rings is 1. The molecule has 0 unspecified atom stereocenters. The molecular weight excluding hydrogens is 358 g/mol. The number of carbonyl (C=O) groups excluding carboxylic acids is 1. The number of methoxy groups -OCH3 is 1. The van der Waals surface area contributed by atoms with Crippen LogP contribution in [0.4, 0.5) is 0 Å². The molecule has 0 aliphatic rings. The minimum absolute atomic E-state index is 0.159. The van der Waals surface area contributed by atoms with E-state index in [0.717, 1.165) is 5.01 Å². The zero-order chi connectivity index (χ0) is 19.1. The predicted octanol–water partition coefficient (Wildman–Crippen LogP) is 2.01. The van der Waals surface area contributed by atoms with E-state index in [1.807, 2.05) is 12.3 Å². The molecule has 0 aliphatic carbocycles. The quantitative estimate of drug-likeness (QED) is 0.538. The Morgan fingerprint density at radius 1 is 1.35 bits per heavy atom. The fourth-order valence-corrected chi connectivity index (χ4v) is 2.67. The molecule has 0 saturated heterocycles. The van der Waals surface area contributed by atoms with Crippen molar-refractivity contribution >= 4 is 28.9 Å². The number of ether oxygens (including phenoxy) is 2. The van der Waals surface area contributed by atoms with Gasteiger partial charge in [-0.25, -0.2) is 15.2 Å². The van der Waals surface area contributed by atoms with Crippen LogP contribution in [0.5, 0.6) is 11.5 Å². The highest BCUT2D eigenvalue weighted by molar-refractivity contribution is 7.09. The van der Waals surface area contributed by atoms with E-state index in [1.165, 1.54) is 18.4 Å². The Kier molecular flexibility index (Phi) is 6.67. The smallest absolute Gasteiger partial charge is 0.341 e. The maximum absolute atomic E-state index is 11.9. The van der Waals surface area contributed by atoms with Gasteiger partial charge in [0.1, 0.15) is 0 Å². The highest BCUT2D eigenvalue weighted by atomic mass is 32.1. The van der Waals surface area contributed by atoms with E-state index in [1.54, 1.807) is 25.1 Å². The van der Waals surface area contributed by atoms with Crippen molar-refractivity contribution in [2.45, 2.75) is 20.3 Å². The highest BCUT2D eigenvalue weighted by Crippen LogP contribution is 2.28. The third kappa shape index (κ3) is 5.55. The molecule has 1 aromatic heterocycles. The molecule has 2 rings (SSSR count). The number of amides is 1. The van der Waals surface area contributed by atoms with Crippen molar-refractivity contribution in [3.63, 3.8) is 0 Å². The summed E-state index contributed by atoms with van der Waals surface area (Å²) in [5.41, 5.74) is 4.47. The number of aliphatic carboxylic acids is 1. The van der Waals surface area contributed by atoms with Gasteiger partial charge in [0.15, 0.2) is 18.1 Å². The van der Waals surface area contributed by atoms with E-state index in [0.29, 0.717) is 28.5 Å². The zero-order valence-corrected chi connectivity index (χ0v) is 15.4. The minimum Gasteiger partial charge on any atom is -0.493 e. The van der Waals surface area contributed by atoms with Crippen molar-refractivity contribution < 1.29 is 24.2 Å². The molecule has 0 bridgehead atoms. The second-order valence-corrected chi connectivity index (χ2v) is 6.38. The number of carboxylic acids is 1. The number of carbonyl (C=O) groups is 2. The Hall–Kier alpha value is -2.94. The van der Waals surface area contributed by atoms with Crippen molar-refractivity contribution in [2.75, 3.05) is 13.7 Å². The Morgan fingerprint density at radius 3 is 2.73 bits per heavy atom. The fraction of sp³-hybridized carbons (Fsp3) is 0.294. The van der Waals surface area contributed by atoms with Crippen molar-refractivity contribution in [1.29, 1.82) is 0 Å². The highest BCUT2D eigenvalue weighted by Gasteiger charge is 2.10. The van der Waals surface area contributed by atoms with Crippen LogP contribution in [0.15, 0.2) is 28.7 Å². The van der Waals surface area contributed by atoms with Gasteiger partial charge in [0.25, 0.3) is 0 Å². The fourth-order valence-electron chi connectivity index (χ4n) is 2.06. The summed E-state index contributed by atoms with van der Waals surface area (Å²) in [6.07, 6.45) is 0.159. The number of nitrogens with zero attached hydrogens (tertiary/aromatic N) is 2. The molecule has 1 amide bonds. The van der Waals surface area contributed by atoms with Crippen LogP contribution in [0.3, 0.4) is 0 Å². The molecule has 0 fully saturated rings. The normalized spacial score (nSPS) is 11.1. The van der Waals surface area contributed by atoms with E-state index in [2.05, 4.69) is 15.5 Å². The Bertz CT molecular complexity index is 832. The van der Waals surface area contributed by atoms with E-state index < -0.39 is 12.6 Å². The maximum Gasteiger partial charge on any atom is 0.341 e. The van der Waals surface area contributed by atoms with Gasteiger partial charge < -0.3 is 14.6 Å². The number of carboxylic acid groups (broad SMARTS) is 1. The third-order valence-electron chi connectivity index (χ3n) is 3.29. The summed E-state index contributed by atoms with van der Waals surface area (Å²) in [4.78, 5) is 26.8. The first-order valence-electron chi connectivity index (χ1n) is 7.66. The lowest BCUT2D eigenvalue weighted by molar-refractivity contribution is -0.139. The lowest BCUT2D eigenvalue weighted by atomic mass is 10.1. The molecule has 138 valence electrons. The van der Waals surface area contributed by atoms with Crippen LogP contribution in [0.1, 0.15) is 23.2 Å². The first-order valence-corrected chi connectivity index (χ1v) is 8.54. The number of rotatable bonds is 8. The predicted molar refractivity (Wildman–Crippen MR) is 97.0 cm³/mol. The summed E-state index contributed by atoms with van der Waals surface area (Å²) in [7, 11) is 1.46.